The lowest BCUT2D eigenvalue weighted by atomic mass is 9.99. The molecule has 2 unspecified atom stereocenters. The van der Waals surface area contributed by atoms with Crippen LogP contribution < -0.4 is 24.3 Å². The maximum absolute atomic E-state index is 6.12. The van der Waals surface area contributed by atoms with Crippen LogP contribution >= 0.6 is 0 Å². The monoisotopic (exact) mass is 295 g/mol. The van der Waals surface area contributed by atoms with Gasteiger partial charge in [0.1, 0.15) is 11.9 Å². The molecule has 1 aromatic rings. The average molecular weight is 295 g/mol. The molecule has 1 N–H and O–H groups in total. The number of nitrogens with one attached hydrogen (secondary N) is 1. The first-order valence-corrected chi connectivity index (χ1v) is 7.44. The molecule has 5 nitrogen and oxygen atoms in total. The van der Waals surface area contributed by atoms with E-state index in [-0.39, 0.29) is 12.1 Å². The fourth-order valence-electron chi connectivity index (χ4n) is 2.93. The van der Waals surface area contributed by atoms with E-state index in [1.807, 2.05) is 6.07 Å². The van der Waals surface area contributed by atoms with Crippen molar-refractivity contribution in [2.24, 2.45) is 0 Å². The fourth-order valence-corrected chi connectivity index (χ4v) is 2.93. The lowest BCUT2D eigenvalue weighted by Crippen LogP contribution is -2.31. The lowest BCUT2D eigenvalue weighted by Gasteiger charge is -2.21. The van der Waals surface area contributed by atoms with E-state index < -0.39 is 0 Å². The van der Waals surface area contributed by atoms with Gasteiger partial charge in [-0.1, -0.05) is 20.3 Å². The van der Waals surface area contributed by atoms with Crippen molar-refractivity contribution >= 4 is 0 Å². The van der Waals surface area contributed by atoms with Crippen molar-refractivity contribution < 1.29 is 18.9 Å². The highest BCUT2D eigenvalue weighted by Gasteiger charge is 2.38. The van der Waals surface area contributed by atoms with Crippen molar-refractivity contribution in [3.05, 3.63) is 11.6 Å². The Kier molecular flexibility index (Phi) is 5.17. The smallest absolute Gasteiger partial charge is 0.203 e. The van der Waals surface area contributed by atoms with Crippen molar-refractivity contribution in [2.75, 3.05) is 27.9 Å². The minimum Gasteiger partial charge on any atom is -0.493 e. The van der Waals surface area contributed by atoms with Crippen LogP contribution in [0.5, 0.6) is 23.0 Å². The first kappa shape index (κ1) is 15.8. The molecule has 0 aliphatic carbocycles. The minimum atomic E-state index is 0.107. The van der Waals surface area contributed by atoms with Crippen LogP contribution in [0.4, 0.5) is 0 Å². The number of methoxy groups -OCH3 is 3. The minimum absolute atomic E-state index is 0.107. The SMILES string of the molecule is CCCC1Oc2cc(OC)c(OC)c(OC)c2C1NCC. The molecule has 0 saturated carbocycles. The number of likely N-dealkylation sites (N-methyl/N-ethyl adjacent to an activating group) is 1. The second-order valence-electron chi connectivity index (χ2n) is 5.04. The van der Waals surface area contributed by atoms with Crippen LogP contribution in [0.3, 0.4) is 0 Å². The molecule has 0 fully saturated rings. The maximum atomic E-state index is 6.12. The van der Waals surface area contributed by atoms with Crippen molar-refractivity contribution in [3.63, 3.8) is 0 Å². The van der Waals surface area contributed by atoms with E-state index in [1.54, 1.807) is 21.3 Å². The van der Waals surface area contributed by atoms with E-state index in [0.717, 1.165) is 30.7 Å². The van der Waals surface area contributed by atoms with Gasteiger partial charge < -0.3 is 24.3 Å². The topological polar surface area (TPSA) is 49.0 Å². The molecule has 1 aliphatic heterocycles. The first-order chi connectivity index (χ1) is 10.2. The largest absolute Gasteiger partial charge is 0.493 e. The molecule has 21 heavy (non-hydrogen) atoms. The number of rotatable bonds is 7. The first-order valence-electron chi connectivity index (χ1n) is 7.44. The van der Waals surface area contributed by atoms with Crippen LogP contribution in [0.15, 0.2) is 6.07 Å². The normalized spacial score (nSPS) is 19.9. The summed E-state index contributed by atoms with van der Waals surface area (Å²) < 4.78 is 22.6. The Morgan fingerprint density at radius 3 is 2.33 bits per heavy atom. The van der Waals surface area contributed by atoms with Crippen molar-refractivity contribution in [1.82, 2.24) is 5.32 Å². The molecule has 1 heterocycles. The maximum Gasteiger partial charge on any atom is 0.203 e. The lowest BCUT2D eigenvalue weighted by molar-refractivity contribution is 0.178. The molecule has 0 saturated heterocycles. The summed E-state index contributed by atoms with van der Waals surface area (Å²) >= 11 is 0. The van der Waals surface area contributed by atoms with Gasteiger partial charge in [-0.05, 0) is 13.0 Å². The standard InChI is InChI=1S/C16H25NO4/c1-6-8-10-14(17-7-2)13-11(21-10)9-12(18-3)15(19-4)16(13)20-5/h9-10,14,17H,6-8H2,1-5H3. The number of benzene rings is 1. The number of fused-ring (bicyclic) bond motifs is 1. The third-order valence-electron chi connectivity index (χ3n) is 3.79. The van der Waals surface area contributed by atoms with Gasteiger partial charge in [-0.25, -0.2) is 0 Å². The van der Waals surface area contributed by atoms with Crippen LogP contribution in [-0.4, -0.2) is 34.0 Å². The molecule has 2 rings (SSSR count). The Morgan fingerprint density at radius 2 is 1.81 bits per heavy atom. The number of hydrogen-bond donors (Lipinski definition) is 1. The molecule has 0 amide bonds. The van der Waals surface area contributed by atoms with Gasteiger partial charge >= 0.3 is 0 Å². The van der Waals surface area contributed by atoms with Crippen LogP contribution in [0, 0.1) is 0 Å². The van der Waals surface area contributed by atoms with Crippen molar-refractivity contribution in [3.8, 4) is 23.0 Å². The second-order valence-corrected chi connectivity index (χ2v) is 5.04. The second kappa shape index (κ2) is 6.89. The average Bonchev–Trinajstić information content (AvgIpc) is 2.83. The van der Waals surface area contributed by atoms with Crippen LogP contribution in [0.2, 0.25) is 0 Å². The molecule has 0 aromatic heterocycles. The van der Waals surface area contributed by atoms with E-state index in [1.165, 1.54) is 0 Å². The summed E-state index contributed by atoms with van der Waals surface area (Å²) in [5.41, 5.74) is 1.02. The van der Waals surface area contributed by atoms with Gasteiger partial charge in [-0.15, -0.1) is 0 Å². The van der Waals surface area contributed by atoms with E-state index in [2.05, 4.69) is 19.2 Å². The van der Waals surface area contributed by atoms with Crippen LogP contribution in [-0.2, 0) is 0 Å². The Bertz CT molecular complexity index is 490. The third kappa shape index (κ3) is 2.75. The molecule has 5 heteroatoms. The van der Waals surface area contributed by atoms with Gasteiger partial charge in [0.15, 0.2) is 11.5 Å². The summed E-state index contributed by atoms with van der Waals surface area (Å²) in [7, 11) is 4.88. The molecular formula is C16H25NO4. The zero-order valence-corrected chi connectivity index (χ0v) is 13.5. The summed E-state index contributed by atoms with van der Waals surface area (Å²) in [6.07, 6.45) is 2.16. The number of ether oxygens (including phenoxy) is 4. The summed E-state index contributed by atoms with van der Waals surface area (Å²) in [6.45, 7) is 5.12. The van der Waals surface area contributed by atoms with Crippen LogP contribution in [0.25, 0.3) is 0 Å². The molecule has 0 spiro atoms. The molecule has 2 atom stereocenters. The Balaban J connectivity index is 2.54. The predicted octanol–water partition coefficient (Wildman–Crippen LogP) is 2.92. The van der Waals surface area contributed by atoms with Crippen LogP contribution in [0.1, 0.15) is 38.3 Å². The van der Waals surface area contributed by atoms with E-state index in [4.69, 9.17) is 18.9 Å². The fraction of sp³-hybridized carbons (Fsp3) is 0.625. The highest BCUT2D eigenvalue weighted by molar-refractivity contribution is 5.64. The molecule has 0 bridgehead atoms. The van der Waals surface area contributed by atoms with Gasteiger partial charge in [-0.3, -0.25) is 0 Å². The van der Waals surface area contributed by atoms with Gasteiger partial charge in [0.05, 0.1) is 32.9 Å². The van der Waals surface area contributed by atoms with Gasteiger partial charge in [0, 0.05) is 6.07 Å². The van der Waals surface area contributed by atoms with Gasteiger partial charge in [0.25, 0.3) is 0 Å². The molecule has 1 aromatic carbocycles. The summed E-state index contributed by atoms with van der Waals surface area (Å²) in [5.74, 6) is 2.74. The third-order valence-corrected chi connectivity index (χ3v) is 3.79. The zero-order valence-electron chi connectivity index (χ0n) is 13.5. The van der Waals surface area contributed by atoms with Gasteiger partial charge in [-0.2, -0.15) is 0 Å². The zero-order chi connectivity index (χ0) is 15.4. The molecule has 118 valence electrons. The quantitative estimate of drug-likeness (QED) is 0.838. The molecular weight excluding hydrogens is 270 g/mol. The highest BCUT2D eigenvalue weighted by atomic mass is 16.5. The highest BCUT2D eigenvalue weighted by Crippen LogP contribution is 2.52. The summed E-state index contributed by atoms with van der Waals surface area (Å²) in [4.78, 5) is 0. The predicted molar refractivity (Wildman–Crippen MR) is 81.8 cm³/mol. The Morgan fingerprint density at radius 1 is 1.10 bits per heavy atom. The summed E-state index contributed by atoms with van der Waals surface area (Å²) in [6, 6.07) is 2.00. The molecule has 1 aliphatic rings. The molecule has 0 radical (unpaired) electrons. The van der Waals surface area contributed by atoms with E-state index in [9.17, 15) is 0 Å². The number of hydrogen-bond acceptors (Lipinski definition) is 5. The Labute approximate surface area is 126 Å². The van der Waals surface area contributed by atoms with E-state index in [0.29, 0.717) is 17.2 Å². The Hall–Kier alpha value is -1.62. The van der Waals surface area contributed by atoms with Crippen molar-refractivity contribution in [2.45, 2.75) is 38.8 Å². The van der Waals surface area contributed by atoms with E-state index >= 15 is 0 Å². The van der Waals surface area contributed by atoms with Gasteiger partial charge in [0.2, 0.25) is 5.75 Å². The summed E-state index contributed by atoms with van der Waals surface area (Å²) in [5, 5.41) is 3.50. The van der Waals surface area contributed by atoms with Crippen molar-refractivity contribution in [1.29, 1.82) is 0 Å².